The third-order valence-electron chi connectivity index (χ3n) is 3.53. The molecule has 138 valence electrons. The molecule has 0 atom stereocenters. The Morgan fingerprint density at radius 3 is 2.58 bits per heavy atom. The van der Waals surface area contributed by atoms with Gasteiger partial charge in [0.15, 0.2) is 0 Å². The molecule has 2 aromatic rings. The van der Waals surface area contributed by atoms with Crippen molar-refractivity contribution in [3.05, 3.63) is 63.2 Å². The molecule has 7 nitrogen and oxygen atoms in total. The fraction of sp³-hybridized carbons (Fsp3) is 0.278. The number of benzene rings is 2. The first-order valence-electron chi connectivity index (χ1n) is 8.03. The molecule has 0 saturated heterocycles. The van der Waals surface area contributed by atoms with Crippen LogP contribution in [0.3, 0.4) is 0 Å². The van der Waals surface area contributed by atoms with E-state index in [2.05, 4.69) is 5.32 Å². The van der Waals surface area contributed by atoms with Crippen LogP contribution in [0.25, 0.3) is 0 Å². The van der Waals surface area contributed by atoms with Gasteiger partial charge in [0.2, 0.25) is 5.91 Å². The second-order valence-corrected chi connectivity index (χ2v) is 6.13. The highest BCUT2D eigenvalue weighted by Crippen LogP contribution is 2.27. The van der Waals surface area contributed by atoms with Crippen molar-refractivity contribution in [2.75, 3.05) is 25.5 Å². The zero-order valence-corrected chi connectivity index (χ0v) is 15.3. The Bertz CT molecular complexity index is 781. The molecule has 26 heavy (non-hydrogen) atoms. The van der Waals surface area contributed by atoms with Crippen LogP contribution in [0.5, 0.6) is 5.75 Å². The van der Waals surface area contributed by atoms with Crippen LogP contribution in [0.1, 0.15) is 12.5 Å². The van der Waals surface area contributed by atoms with E-state index in [1.165, 1.54) is 18.2 Å². The van der Waals surface area contributed by atoms with Gasteiger partial charge in [-0.2, -0.15) is 0 Å². The Morgan fingerprint density at radius 1 is 1.27 bits per heavy atom. The number of carbonyl (C=O) groups excluding carboxylic acids is 1. The highest BCUT2D eigenvalue weighted by Gasteiger charge is 2.14. The minimum absolute atomic E-state index is 0.0283. The van der Waals surface area contributed by atoms with Crippen molar-refractivity contribution in [3.8, 4) is 5.75 Å². The molecule has 0 bridgehead atoms. The van der Waals surface area contributed by atoms with Gasteiger partial charge < -0.3 is 10.1 Å². The number of carbonyl (C=O) groups is 1. The number of anilines is 1. The molecule has 2 aromatic carbocycles. The number of hydrogen-bond donors (Lipinski definition) is 1. The van der Waals surface area contributed by atoms with Crippen LogP contribution in [0.15, 0.2) is 42.5 Å². The van der Waals surface area contributed by atoms with Crippen LogP contribution >= 0.6 is 11.6 Å². The quantitative estimate of drug-likeness (QED) is 0.559. The summed E-state index contributed by atoms with van der Waals surface area (Å²) >= 11 is 5.76. The van der Waals surface area contributed by atoms with E-state index in [1.54, 1.807) is 0 Å². The molecule has 0 aliphatic carbocycles. The number of nitrogens with one attached hydrogen (secondary N) is 1. The van der Waals surface area contributed by atoms with Gasteiger partial charge in [-0.25, -0.2) is 0 Å². The molecule has 0 aliphatic rings. The Labute approximate surface area is 156 Å². The number of hydrogen-bond acceptors (Lipinski definition) is 5. The van der Waals surface area contributed by atoms with E-state index in [9.17, 15) is 14.9 Å². The molecule has 0 saturated carbocycles. The first-order valence-corrected chi connectivity index (χ1v) is 8.41. The van der Waals surface area contributed by atoms with Crippen molar-refractivity contribution in [1.82, 2.24) is 4.90 Å². The zero-order valence-electron chi connectivity index (χ0n) is 14.6. The van der Waals surface area contributed by atoms with Crippen molar-refractivity contribution < 1.29 is 14.5 Å². The van der Waals surface area contributed by atoms with E-state index in [4.69, 9.17) is 16.3 Å². The number of halogens is 1. The molecule has 1 N–H and O–H groups in total. The Kier molecular flexibility index (Phi) is 6.94. The number of nitro benzene ring substituents is 1. The average molecular weight is 378 g/mol. The predicted octanol–water partition coefficient (Wildman–Crippen LogP) is 3.72. The van der Waals surface area contributed by atoms with Crippen LogP contribution < -0.4 is 10.1 Å². The molecule has 0 spiro atoms. The van der Waals surface area contributed by atoms with Gasteiger partial charge in [-0.05, 0) is 43.8 Å². The SMILES string of the molecule is CCOc1ccc(CN(C)CC(=O)Nc2ccc(Cl)c([N+](=O)[O-])c2)cc1. The lowest BCUT2D eigenvalue weighted by atomic mass is 10.2. The maximum absolute atomic E-state index is 12.1. The largest absolute Gasteiger partial charge is 0.494 e. The maximum Gasteiger partial charge on any atom is 0.289 e. The molecule has 1 amide bonds. The van der Waals surface area contributed by atoms with Crippen molar-refractivity contribution in [3.63, 3.8) is 0 Å². The molecule has 0 unspecified atom stereocenters. The summed E-state index contributed by atoms with van der Waals surface area (Å²) in [5.74, 6) is 0.538. The van der Waals surface area contributed by atoms with E-state index in [0.717, 1.165) is 11.3 Å². The van der Waals surface area contributed by atoms with Gasteiger partial charge in [-0.1, -0.05) is 23.7 Å². The van der Waals surface area contributed by atoms with Crippen LogP contribution in [-0.4, -0.2) is 35.9 Å². The van der Waals surface area contributed by atoms with Crippen molar-refractivity contribution >= 4 is 28.9 Å². The summed E-state index contributed by atoms with van der Waals surface area (Å²) in [6.07, 6.45) is 0. The second kappa shape index (κ2) is 9.17. The van der Waals surface area contributed by atoms with Gasteiger partial charge in [0.25, 0.3) is 5.69 Å². The minimum Gasteiger partial charge on any atom is -0.494 e. The summed E-state index contributed by atoms with van der Waals surface area (Å²) in [6, 6.07) is 11.8. The van der Waals surface area contributed by atoms with Gasteiger partial charge in [-0.15, -0.1) is 0 Å². The highest BCUT2D eigenvalue weighted by atomic mass is 35.5. The van der Waals surface area contributed by atoms with E-state index in [1.807, 2.05) is 43.1 Å². The van der Waals surface area contributed by atoms with E-state index < -0.39 is 4.92 Å². The van der Waals surface area contributed by atoms with Gasteiger partial charge in [-0.3, -0.25) is 19.8 Å². The Morgan fingerprint density at radius 2 is 1.96 bits per heavy atom. The average Bonchev–Trinajstić information content (AvgIpc) is 2.58. The summed E-state index contributed by atoms with van der Waals surface area (Å²) < 4.78 is 5.40. The number of nitro groups is 1. The lowest BCUT2D eigenvalue weighted by Gasteiger charge is -2.16. The van der Waals surface area contributed by atoms with Crippen molar-refractivity contribution in [2.24, 2.45) is 0 Å². The first kappa shape index (κ1) is 19.7. The lowest BCUT2D eigenvalue weighted by molar-refractivity contribution is -0.384. The minimum atomic E-state index is -0.587. The molecule has 0 aromatic heterocycles. The Hall–Kier alpha value is -2.64. The van der Waals surface area contributed by atoms with Gasteiger partial charge >= 0.3 is 0 Å². The highest BCUT2D eigenvalue weighted by molar-refractivity contribution is 6.32. The molecule has 0 aliphatic heterocycles. The predicted molar refractivity (Wildman–Crippen MR) is 101 cm³/mol. The summed E-state index contributed by atoms with van der Waals surface area (Å²) in [5, 5.41) is 13.6. The monoisotopic (exact) mass is 377 g/mol. The standard InChI is InChI=1S/C18H20ClN3O4/c1-3-26-15-7-4-13(5-8-15)11-21(2)12-18(23)20-14-6-9-16(19)17(10-14)22(24)25/h4-10H,3,11-12H2,1-2H3,(H,20,23). The van der Waals surface area contributed by atoms with Crippen molar-refractivity contribution in [2.45, 2.75) is 13.5 Å². The van der Waals surface area contributed by atoms with Crippen LogP contribution in [0, 0.1) is 10.1 Å². The van der Waals surface area contributed by atoms with E-state index in [-0.39, 0.29) is 23.2 Å². The first-order chi connectivity index (χ1) is 12.4. The van der Waals surface area contributed by atoms with Gasteiger partial charge in [0.05, 0.1) is 18.1 Å². The topological polar surface area (TPSA) is 84.7 Å². The molecule has 0 radical (unpaired) electrons. The second-order valence-electron chi connectivity index (χ2n) is 5.72. The smallest absolute Gasteiger partial charge is 0.289 e. The van der Waals surface area contributed by atoms with E-state index in [0.29, 0.717) is 18.8 Å². The summed E-state index contributed by atoms with van der Waals surface area (Å²) in [4.78, 5) is 24.3. The lowest BCUT2D eigenvalue weighted by Crippen LogP contribution is -2.29. The summed E-state index contributed by atoms with van der Waals surface area (Å²) in [6.45, 7) is 3.27. The summed E-state index contributed by atoms with van der Waals surface area (Å²) in [7, 11) is 1.82. The van der Waals surface area contributed by atoms with Crippen LogP contribution in [0.4, 0.5) is 11.4 Å². The van der Waals surface area contributed by atoms with Gasteiger partial charge in [0, 0.05) is 18.3 Å². The van der Waals surface area contributed by atoms with E-state index >= 15 is 0 Å². The fourth-order valence-corrected chi connectivity index (χ4v) is 2.59. The molecular formula is C18H20ClN3O4. The molecule has 0 heterocycles. The molecule has 0 fully saturated rings. The van der Waals surface area contributed by atoms with Gasteiger partial charge in [0.1, 0.15) is 10.8 Å². The number of likely N-dealkylation sites (N-methyl/N-ethyl adjacent to an activating group) is 1. The van der Waals surface area contributed by atoms with Crippen LogP contribution in [0.2, 0.25) is 5.02 Å². The molecule has 2 rings (SSSR count). The molecular weight excluding hydrogens is 358 g/mol. The fourth-order valence-electron chi connectivity index (χ4n) is 2.40. The zero-order chi connectivity index (χ0) is 19.1. The normalized spacial score (nSPS) is 10.6. The van der Waals surface area contributed by atoms with Crippen molar-refractivity contribution in [1.29, 1.82) is 0 Å². The summed E-state index contributed by atoms with van der Waals surface area (Å²) in [5.41, 5.74) is 1.14. The third-order valence-corrected chi connectivity index (χ3v) is 3.85. The number of rotatable bonds is 8. The third kappa shape index (κ3) is 5.72. The maximum atomic E-state index is 12.1. The number of ether oxygens (including phenoxy) is 1. The number of nitrogens with zero attached hydrogens (tertiary/aromatic N) is 2. The number of amides is 1. The Balaban J connectivity index is 1.90. The van der Waals surface area contributed by atoms with Crippen LogP contribution in [-0.2, 0) is 11.3 Å². The molecule has 8 heteroatoms.